The maximum absolute atomic E-state index is 13.1. The average molecular weight is 470 g/mol. The molecule has 1 aromatic heterocycles. The van der Waals surface area contributed by atoms with E-state index in [4.69, 9.17) is 18.9 Å². The second-order valence-corrected chi connectivity index (χ2v) is 10.4. The highest BCUT2D eigenvalue weighted by Gasteiger charge is 2.54. The molecule has 0 saturated carbocycles. The van der Waals surface area contributed by atoms with Gasteiger partial charge in [0.1, 0.15) is 28.7 Å². The molecule has 1 aliphatic rings. The number of nitrogens with zero attached hydrogens (tertiary/aromatic N) is 3. The third-order valence-electron chi connectivity index (χ3n) is 4.43. The van der Waals surface area contributed by atoms with Crippen molar-refractivity contribution in [3.8, 4) is 0 Å². The van der Waals surface area contributed by atoms with Crippen molar-refractivity contribution in [2.75, 3.05) is 13.7 Å². The zero-order valence-electron chi connectivity index (χ0n) is 20.8. The lowest BCUT2D eigenvalue weighted by molar-refractivity contribution is -0.163. The summed E-state index contributed by atoms with van der Waals surface area (Å²) >= 11 is 0. The summed E-state index contributed by atoms with van der Waals surface area (Å²) in [6.07, 6.45) is 0.713. The Kier molecular flexibility index (Phi) is 7.44. The van der Waals surface area contributed by atoms with E-state index in [-0.39, 0.29) is 18.8 Å². The summed E-state index contributed by atoms with van der Waals surface area (Å²) in [7, 11) is 1.21. The molecule has 12 heteroatoms. The molecule has 0 aromatic carbocycles. The SMILES string of the molecule is COC(=O)[C@@H](Cn1cc([C@]2(C(=O)OC(C)(C)C)COC(C)(C)N2)nn1)NC(=O)OC(C)(C)C. The molecular formula is C21H35N5O7. The van der Waals surface area contributed by atoms with Gasteiger partial charge in [-0.15, -0.1) is 5.10 Å². The normalized spacial score (nSPS) is 21.2. The van der Waals surface area contributed by atoms with Crippen LogP contribution in [0, 0.1) is 0 Å². The first-order chi connectivity index (χ1) is 15.0. The maximum Gasteiger partial charge on any atom is 0.408 e. The average Bonchev–Trinajstić information content (AvgIpc) is 3.22. The van der Waals surface area contributed by atoms with Gasteiger partial charge in [0.05, 0.1) is 26.5 Å². The number of amides is 1. The molecule has 0 spiro atoms. The molecule has 0 aliphatic carbocycles. The molecule has 186 valence electrons. The van der Waals surface area contributed by atoms with Crippen LogP contribution in [0.2, 0.25) is 0 Å². The van der Waals surface area contributed by atoms with Crippen LogP contribution in [-0.4, -0.2) is 69.7 Å². The second kappa shape index (κ2) is 9.26. The first kappa shape index (κ1) is 26.5. The molecule has 1 saturated heterocycles. The lowest BCUT2D eigenvalue weighted by Crippen LogP contribution is -2.54. The zero-order valence-corrected chi connectivity index (χ0v) is 20.8. The van der Waals surface area contributed by atoms with E-state index in [2.05, 4.69) is 20.9 Å². The summed E-state index contributed by atoms with van der Waals surface area (Å²) in [6, 6.07) is -1.10. The number of ether oxygens (including phenoxy) is 4. The van der Waals surface area contributed by atoms with Crippen LogP contribution < -0.4 is 10.6 Å². The molecule has 2 N–H and O–H groups in total. The van der Waals surface area contributed by atoms with Crippen LogP contribution in [0.3, 0.4) is 0 Å². The third-order valence-corrected chi connectivity index (χ3v) is 4.43. The summed E-state index contributed by atoms with van der Waals surface area (Å²) in [5.41, 5.74) is -3.43. The number of hydrogen-bond donors (Lipinski definition) is 2. The summed E-state index contributed by atoms with van der Waals surface area (Å²) < 4.78 is 22.7. The number of hydrogen-bond acceptors (Lipinski definition) is 10. The summed E-state index contributed by atoms with van der Waals surface area (Å²) in [6.45, 7) is 13.8. The monoisotopic (exact) mass is 469 g/mol. The molecule has 1 aromatic rings. The lowest BCUT2D eigenvalue weighted by Gasteiger charge is -2.30. The lowest BCUT2D eigenvalue weighted by atomic mass is 9.96. The Bertz CT molecular complexity index is 884. The van der Waals surface area contributed by atoms with E-state index in [0.29, 0.717) is 0 Å². The van der Waals surface area contributed by atoms with Crippen LogP contribution in [0.5, 0.6) is 0 Å². The minimum Gasteiger partial charge on any atom is -0.467 e. The molecule has 0 bridgehead atoms. The summed E-state index contributed by atoms with van der Waals surface area (Å²) in [5, 5.41) is 13.8. The molecular weight excluding hydrogens is 434 g/mol. The second-order valence-electron chi connectivity index (χ2n) is 10.4. The maximum atomic E-state index is 13.1. The first-order valence-electron chi connectivity index (χ1n) is 10.6. The molecule has 33 heavy (non-hydrogen) atoms. The van der Waals surface area contributed by atoms with Gasteiger partial charge in [-0.05, 0) is 55.4 Å². The third kappa shape index (κ3) is 7.13. The molecule has 2 atom stereocenters. The van der Waals surface area contributed by atoms with Crippen molar-refractivity contribution in [2.45, 2.75) is 90.4 Å². The first-order valence-corrected chi connectivity index (χ1v) is 10.6. The van der Waals surface area contributed by atoms with Gasteiger partial charge in [0, 0.05) is 0 Å². The summed E-state index contributed by atoms with van der Waals surface area (Å²) in [4.78, 5) is 37.5. The molecule has 2 heterocycles. The number of esters is 2. The van der Waals surface area contributed by atoms with E-state index in [9.17, 15) is 14.4 Å². The highest BCUT2D eigenvalue weighted by Crippen LogP contribution is 2.33. The van der Waals surface area contributed by atoms with Crippen LogP contribution >= 0.6 is 0 Å². The fourth-order valence-electron chi connectivity index (χ4n) is 3.13. The van der Waals surface area contributed by atoms with Crippen LogP contribution in [0.15, 0.2) is 6.20 Å². The number of aromatic nitrogens is 3. The fourth-order valence-corrected chi connectivity index (χ4v) is 3.13. The van der Waals surface area contributed by atoms with E-state index < -0.39 is 46.5 Å². The summed E-state index contributed by atoms with van der Waals surface area (Å²) in [5.74, 6) is -1.26. The van der Waals surface area contributed by atoms with Gasteiger partial charge in [-0.3, -0.25) is 5.32 Å². The van der Waals surface area contributed by atoms with Crippen LogP contribution in [0.4, 0.5) is 4.79 Å². The number of nitrogens with one attached hydrogen (secondary N) is 2. The molecule has 1 fully saturated rings. The van der Waals surface area contributed by atoms with Crippen LogP contribution in [0.25, 0.3) is 0 Å². The van der Waals surface area contributed by atoms with Crippen molar-refractivity contribution in [2.24, 2.45) is 0 Å². The molecule has 12 nitrogen and oxygen atoms in total. The van der Waals surface area contributed by atoms with Gasteiger partial charge >= 0.3 is 18.0 Å². The van der Waals surface area contributed by atoms with Crippen molar-refractivity contribution < 1.29 is 33.3 Å². The Labute approximate surface area is 193 Å². The number of alkyl carbamates (subject to hydrolysis) is 1. The van der Waals surface area contributed by atoms with Crippen molar-refractivity contribution in [3.63, 3.8) is 0 Å². The molecule has 1 aliphatic heterocycles. The van der Waals surface area contributed by atoms with Crippen molar-refractivity contribution in [1.29, 1.82) is 0 Å². The van der Waals surface area contributed by atoms with Crippen LogP contribution in [0.1, 0.15) is 61.1 Å². The Morgan fingerprint density at radius 2 is 1.79 bits per heavy atom. The van der Waals surface area contributed by atoms with Gasteiger partial charge < -0.3 is 24.3 Å². The Balaban J connectivity index is 2.28. The standard InChI is InChI=1S/C21H35N5O7/c1-18(2,3)32-16(28)21(12-31-20(7,8)24-21)14-11-26(25-23-14)10-13(15(27)30-9)22-17(29)33-19(4,5)6/h11,13,24H,10,12H2,1-9H3,(H,22,29)/t13-,21+/m1/s1. The van der Waals surface area contributed by atoms with Crippen molar-refractivity contribution >= 4 is 18.0 Å². The smallest absolute Gasteiger partial charge is 0.408 e. The fraction of sp³-hybridized carbons (Fsp3) is 0.762. The molecule has 0 radical (unpaired) electrons. The van der Waals surface area contributed by atoms with E-state index in [1.165, 1.54) is 18.0 Å². The van der Waals surface area contributed by atoms with Crippen LogP contribution in [-0.2, 0) is 40.6 Å². The minimum atomic E-state index is -1.39. The van der Waals surface area contributed by atoms with Gasteiger partial charge in [0.15, 0.2) is 5.54 Å². The Morgan fingerprint density at radius 1 is 1.18 bits per heavy atom. The van der Waals surface area contributed by atoms with Gasteiger partial charge in [0.25, 0.3) is 0 Å². The zero-order chi connectivity index (χ0) is 25.2. The van der Waals surface area contributed by atoms with Gasteiger partial charge in [-0.1, -0.05) is 5.21 Å². The van der Waals surface area contributed by atoms with Gasteiger partial charge in [-0.25, -0.2) is 19.1 Å². The minimum absolute atomic E-state index is 0.0236. The number of carbonyl (C=O) groups is 3. The number of rotatable bonds is 6. The number of methoxy groups -OCH3 is 1. The number of carbonyl (C=O) groups excluding carboxylic acids is 3. The quantitative estimate of drug-likeness (QED) is 0.461. The Morgan fingerprint density at radius 3 is 2.27 bits per heavy atom. The van der Waals surface area contributed by atoms with Gasteiger partial charge in [0.2, 0.25) is 0 Å². The highest BCUT2D eigenvalue weighted by molar-refractivity contribution is 5.83. The van der Waals surface area contributed by atoms with Crippen molar-refractivity contribution in [3.05, 3.63) is 11.9 Å². The van der Waals surface area contributed by atoms with Crippen molar-refractivity contribution in [1.82, 2.24) is 25.6 Å². The predicted octanol–water partition coefficient (Wildman–Crippen LogP) is 1.24. The van der Waals surface area contributed by atoms with E-state index in [0.717, 1.165) is 0 Å². The van der Waals surface area contributed by atoms with E-state index in [1.807, 2.05) is 0 Å². The molecule has 1 amide bonds. The van der Waals surface area contributed by atoms with E-state index in [1.54, 1.807) is 55.4 Å². The topological polar surface area (TPSA) is 143 Å². The van der Waals surface area contributed by atoms with Gasteiger partial charge in [-0.2, -0.15) is 0 Å². The largest absolute Gasteiger partial charge is 0.467 e. The van der Waals surface area contributed by atoms with E-state index >= 15 is 0 Å². The Hall–Kier alpha value is -2.73. The predicted molar refractivity (Wildman–Crippen MR) is 116 cm³/mol. The molecule has 0 unspecified atom stereocenters. The highest BCUT2D eigenvalue weighted by atomic mass is 16.6. The molecule has 2 rings (SSSR count).